The molecule has 0 spiro atoms. The second kappa shape index (κ2) is 8.31. The average Bonchev–Trinajstić information content (AvgIpc) is 3.13. The molecule has 156 valence electrons. The van der Waals surface area contributed by atoms with Gasteiger partial charge in [-0.05, 0) is 35.9 Å². The maximum Gasteiger partial charge on any atom is 0.238 e. The van der Waals surface area contributed by atoms with Crippen LogP contribution in [0.25, 0.3) is 17.0 Å². The van der Waals surface area contributed by atoms with Crippen molar-refractivity contribution in [1.29, 1.82) is 0 Å². The number of nitrogen functional groups attached to an aromatic ring is 1. The minimum absolute atomic E-state index is 0.194. The summed E-state index contributed by atoms with van der Waals surface area (Å²) >= 11 is 7.14. The predicted molar refractivity (Wildman–Crippen MR) is 118 cm³/mol. The van der Waals surface area contributed by atoms with Crippen LogP contribution in [-0.4, -0.2) is 53.1 Å². The lowest BCUT2D eigenvalue weighted by atomic mass is 10.1. The number of hydrogen-bond acceptors (Lipinski definition) is 7. The molecule has 3 heterocycles. The highest BCUT2D eigenvalue weighted by Gasteiger charge is 2.30. The fraction of sp³-hybridized carbons (Fsp3) is 0.211. The Morgan fingerprint density at radius 3 is 2.77 bits per heavy atom. The summed E-state index contributed by atoms with van der Waals surface area (Å²) in [6, 6.07) is 9.00. The molecule has 8 nitrogen and oxygen atoms in total. The molecule has 1 amide bonds. The number of carbonyl (C=O) groups is 1. The maximum atomic E-state index is 12.6. The van der Waals surface area contributed by atoms with Gasteiger partial charge in [0.05, 0.1) is 16.4 Å². The smallest absolute Gasteiger partial charge is 0.238 e. The number of amides is 1. The molecule has 0 bridgehead atoms. The van der Waals surface area contributed by atoms with Gasteiger partial charge >= 0.3 is 0 Å². The number of carbonyl (C=O) groups excluding carboxylic acids is 1. The van der Waals surface area contributed by atoms with Crippen molar-refractivity contribution in [3.8, 4) is 0 Å². The summed E-state index contributed by atoms with van der Waals surface area (Å²) in [6.07, 6.45) is 2.89. The molecule has 2 N–H and O–H groups in total. The number of nitrogens with zero attached hydrogens (tertiary/aromatic N) is 4. The van der Waals surface area contributed by atoms with E-state index in [-0.39, 0.29) is 19.0 Å². The van der Waals surface area contributed by atoms with E-state index < -0.39 is 10.0 Å². The van der Waals surface area contributed by atoms with E-state index in [1.807, 2.05) is 18.2 Å². The average molecular weight is 464 g/mol. The first-order valence-electron chi connectivity index (χ1n) is 9.02. The van der Waals surface area contributed by atoms with Gasteiger partial charge in [0, 0.05) is 35.3 Å². The van der Waals surface area contributed by atoms with Gasteiger partial charge in [-0.2, -0.15) is 4.31 Å². The summed E-state index contributed by atoms with van der Waals surface area (Å²) in [6.45, 7) is 0.712. The lowest BCUT2D eigenvalue weighted by Gasteiger charge is -2.33. The van der Waals surface area contributed by atoms with Crippen LogP contribution in [0.2, 0.25) is 4.34 Å². The molecule has 4 rings (SSSR count). The highest BCUT2D eigenvalue weighted by molar-refractivity contribution is 7.92. The van der Waals surface area contributed by atoms with Gasteiger partial charge in [0.2, 0.25) is 15.9 Å². The second-order valence-electron chi connectivity index (χ2n) is 6.75. The molecule has 1 saturated heterocycles. The number of hydrogen-bond donors (Lipinski definition) is 1. The van der Waals surface area contributed by atoms with E-state index in [9.17, 15) is 13.2 Å². The van der Waals surface area contributed by atoms with E-state index in [0.29, 0.717) is 28.8 Å². The Bertz CT molecular complexity index is 1240. The molecule has 1 fully saturated rings. The fourth-order valence-corrected chi connectivity index (χ4v) is 5.34. The van der Waals surface area contributed by atoms with Crippen LogP contribution in [-0.2, 0) is 21.4 Å². The Morgan fingerprint density at radius 2 is 2.03 bits per heavy atom. The summed E-state index contributed by atoms with van der Waals surface area (Å²) in [4.78, 5) is 23.1. The largest absolute Gasteiger partial charge is 0.383 e. The molecule has 1 aliphatic heterocycles. The van der Waals surface area contributed by atoms with Gasteiger partial charge in [-0.3, -0.25) is 4.79 Å². The van der Waals surface area contributed by atoms with Crippen LogP contribution >= 0.6 is 22.9 Å². The predicted octanol–water partition coefficient (Wildman–Crippen LogP) is 2.57. The number of thiophene rings is 1. The van der Waals surface area contributed by atoms with Crippen LogP contribution in [0.5, 0.6) is 0 Å². The molecule has 0 saturated carbocycles. The summed E-state index contributed by atoms with van der Waals surface area (Å²) in [5.41, 5.74) is 7.43. The normalized spacial score (nSPS) is 16.0. The van der Waals surface area contributed by atoms with Gasteiger partial charge < -0.3 is 10.6 Å². The third kappa shape index (κ3) is 4.46. The van der Waals surface area contributed by atoms with Crippen molar-refractivity contribution in [1.82, 2.24) is 19.2 Å². The van der Waals surface area contributed by atoms with E-state index in [0.717, 1.165) is 21.2 Å². The Balaban J connectivity index is 1.43. The third-order valence-corrected chi connectivity index (χ3v) is 7.45. The summed E-state index contributed by atoms with van der Waals surface area (Å²) in [5.74, 6) is 0.152. The molecular weight excluding hydrogens is 446 g/mol. The molecule has 2 aromatic heterocycles. The zero-order valence-corrected chi connectivity index (χ0v) is 18.1. The van der Waals surface area contributed by atoms with Crippen LogP contribution in [0, 0.1) is 0 Å². The topological polar surface area (TPSA) is 109 Å². The Labute approximate surface area is 182 Å². The van der Waals surface area contributed by atoms with Crippen LogP contribution < -0.4 is 5.73 Å². The molecule has 1 aromatic carbocycles. The number of halogens is 1. The van der Waals surface area contributed by atoms with Crippen LogP contribution in [0.1, 0.15) is 10.4 Å². The van der Waals surface area contributed by atoms with Crippen molar-refractivity contribution in [2.45, 2.75) is 6.54 Å². The first kappa shape index (κ1) is 20.7. The van der Waals surface area contributed by atoms with Crippen LogP contribution in [0.3, 0.4) is 0 Å². The van der Waals surface area contributed by atoms with Gasteiger partial charge in [0.15, 0.2) is 0 Å². The molecule has 11 heteroatoms. The van der Waals surface area contributed by atoms with Crippen molar-refractivity contribution in [3.63, 3.8) is 0 Å². The molecular formula is C19H18ClN5O3S2. The number of anilines is 1. The number of piperazine rings is 1. The Kier molecular flexibility index (Phi) is 5.74. The molecule has 30 heavy (non-hydrogen) atoms. The highest BCUT2D eigenvalue weighted by atomic mass is 35.5. The molecule has 1 aliphatic rings. The van der Waals surface area contributed by atoms with Gasteiger partial charge in [-0.15, -0.1) is 11.3 Å². The van der Waals surface area contributed by atoms with Crippen LogP contribution in [0.4, 0.5) is 5.82 Å². The number of nitrogens with two attached hydrogens (primary N) is 1. The number of rotatable bonds is 5. The SMILES string of the molecule is Nc1ncnc2cc(CN3CCN(S(=O)(=O)C=Cc4ccc(Cl)s4)CC3=O)ccc12. The minimum Gasteiger partial charge on any atom is -0.383 e. The standard InChI is InChI=1S/C19H18ClN5O3S2/c20-17-4-2-14(29-17)5-8-30(27,28)25-7-6-24(18(26)11-25)10-13-1-3-15-16(9-13)22-12-23-19(15)21/h1-5,8-9,12H,6-7,10-11H2,(H2,21,22,23). The Hall–Kier alpha value is -2.53. The summed E-state index contributed by atoms with van der Waals surface area (Å²) < 4.78 is 26.9. The van der Waals surface area contributed by atoms with Crippen molar-refractivity contribution in [2.75, 3.05) is 25.4 Å². The quantitative estimate of drug-likeness (QED) is 0.622. The van der Waals surface area contributed by atoms with Gasteiger partial charge in [0.25, 0.3) is 0 Å². The minimum atomic E-state index is -3.70. The van der Waals surface area contributed by atoms with Crippen molar-refractivity contribution < 1.29 is 13.2 Å². The zero-order valence-electron chi connectivity index (χ0n) is 15.7. The Morgan fingerprint density at radius 1 is 1.20 bits per heavy atom. The number of sulfonamides is 1. The lowest BCUT2D eigenvalue weighted by Crippen LogP contribution is -2.51. The number of aromatic nitrogens is 2. The first-order chi connectivity index (χ1) is 14.3. The lowest BCUT2D eigenvalue weighted by molar-refractivity contribution is -0.134. The fourth-order valence-electron chi connectivity index (χ4n) is 3.17. The van der Waals surface area contributed by atoms with Crippen molar-refractivity contribution in [2.24, 2.45) is 0 Å². The van der Waals surface area contributed by atoms with Crippen molar-refractivity contribution in [3.05, 3.63) is 56.8 Å². The second-order valence-corrected chi connectivity index (χ2v) is 10.3. The van der Waals surface area contributed by atoms with E-state index in [4.69, 9.17) is 17.3 Å². The van der Waals surface area contributed by atoms with E-state index in [1.165, 1.54) is 28.0 Å². The van der Waals surface area contributed by atoms with Crippen molar-refractivity contribution >= 4 is 61.7 Å². The maximum absolute atomic E-state index is 12.6. The molecule has 3 aromatic rings. The number of benzene rings is 1. The van der Waals surface area contributed by atoms with E-state index >= 15 is 0 Å². The summed E-state index contributed by atoms with van der Waals surface area (Å²) in [5, 5.41) is 1.87. The third-order valence-electron chi connectivity index (χ3n) is 4.75. The molecule has 0 unspecified atom stereocenters. The molecule has 0 aliphatic carbocycles. The van der Waals surface area contributed by atoms with E-state index in [1.54, 1.807) is 17.0 Å². The van der Waals surface area contributed by atoms with E-state index in [2.05, 4.69) is 9.97 Å². The number of fused-ring (bicyclic) bond motifs is 1. The molecule has 0 radical (unpaired) electrons. The monoisotopic (exact) mass is 463 g/mol. The van der Waals surface area contributed by atoms with Gasteiger partial charge in [0.1, 0.15) is 12.1 Å². The van der Waals surface area contributed by atoms with Gasteiger partial charge in [-0.25, -0.2) is 18.4 Å². The highest BCUT2D eigenvalue weighted by Crippen LogP contribution is 2.24. The summed E-state index contributed by atoms with van der Waals surface area (Å²) in [7, 11) is -3.70. The molecule has 0 atom stereocenters. The van der Waals surface area contributed by atoms with Gasteiger partial charge in [-0.1, -0.05) is 17.7 Å². The zero-order chi connectivity index (χ0) is 21.3. The first-order valence-corrected chi connectivity index (χ1v) is 11.7. The van der Waals surface area contributed by atoms with Crippen LogP contribution in [0.15, 0.2) is 42.1 Å².